The lowest BCUT2D eigenvalue weighted by Crippen LogP contribution is -2.29. The highest BCUT2D eigenvalue weighted by Crippen LogP contribution is 2.24. The molecule has 0 amide bonds. The molecule has 17 heavy (non-hydrogen) atoms. The van der Waals surface area contributed by atoms with Gasteiger partial charge in [-0.15, -0.1) is 11.3 Å². The molecule has 96 valence electrons. The Morgan fingerprint density at radius 1 is 1.35 bits per heavy atom. The Morgan fingerprint density at radius 3 is 2.53 bits per heavy atom. The molecule has 1 unspecified atom stereocenters. The highest BCUT2D eigenvalue weighted by molar-refractivity contribution is 7.11. The van der Waals surface area contributed by atoms with Gasteiger partial charge in [-0.25, -0.2) is 4.98 Å². The molecular weight excluding hydrogens is 228 g/mol. The Kier molecular flexibility index (Phi) is 4.21. The number of aryl methyl sites for hydroxylation is 2. The van der Waals surface area contributed by atoms with Gasteiger partial charge in [-0.3, -0.25) is 0 Å². The van der Waals surface area contributed by atoms with Crippen LogP contribution in [0.1, 0.15) is 42.3 Å². The minimum absolute atomic E-state index is 0.723. The number of nitrogens with zero attached hydrogens (tertiary/aromatic N) is 1. The summed E-state index contributed by atoms with van der Waals surface area (Å²) in [6.07, 6.45) is 3.89. The Balaban J connectivity index is 1.91. The van der Waals surface area contributed by atoms with Gasteiger partial charge in [0, 0.05) is 17.3 Å². The third kappa shape index (κ3) is 3.78. The summed E-state index contributed by atoms with van der Waals surface area (Å²) in [5.41, 5.74) is 1.21. The van der Waals surface area contributed by atoms with Crippen LogP contribution in [0.25, 0.3) is 0 Å². The maximum absolute atomic E-state index is 4.67. The van der Waals surface area contributed by atoms with E-state index in [1.807, 2.05) is 11.3 Å². The molecule has 0 aromatic carbocycles. The molecular formula is C14H24N2S. The standard InChI is InChI=1S/C14H24N2S/c1-9(2)12(8-15-13-5-6-13)7-14-16-10(3)11(4)17-14/h9,12-13,15H,5-8H2,1-4H3. The van der Waals surface area contributed by atoms with Crippen molar-refractivity contribution >= 4 is 11.3 Å². The number of nitrogens with one attached hydrogen (secondary N) is 1. The predicted octanol–water partition coefficient (Wildman–Crippen LogP) is 3.33. The van der Waals surface area contributed by atoms with Crippen LogP contribution in [0.4, 0.5) is 0 Å². The Morgan fingerprint density at radius 2 is 2.06 bits per heavy atom. The lowest BCUT2D eigenvalue weighted by atomic mass is 9.92. The number of aromatic nitrogens is 1. The molecule has 2 nitrogen and oxygen atoms in total. The predicted molar refractivity (Wildman–Crippen MR) is 74.6 cm³/mol. The van der Waals surface area contributed by atoms with E-state index in [1.165, 1.54) is 28.4 Å². The molecule has 2 rings (SSSR count). The van der Waals surface area contributed by atoms with Crippen molar-refractivity contribution in [1.29, 1.82) is 0 Å². The van der Waals surface area contributed by atoms with Gasteiger partial charge in [0.2, 0.25) is 0 Å². The van der Waals surface area contributed by atoms with Crippen molar-refractivity contribution in [2.75, 3.05) is 6.54 Å². The molecule has 0 radical (unpaired) electrons. The fourth-order valence-corrected chi connectivity index (χ4v) is 3.03. The average molecular weight is 252 g/mol. The molecule has 0 spiro atoms. The topological polar surface area (TPSA) is 24.9 Å². The van der Waals surface area contributed by atoms with E-state index in [0.717, 1.165) is 30.8 Å². The van der Waals surface area contributed by atoms with Crippen LogP contribution in [0, 0.1) is 25.7 Å². The quantitative estimate of drug-likeness (QED) is 0.840. The van der Waals surface area contributed by atoms with Gasteiger partial charge in [-0.1, -0.05) is 13.8 Å². The van der Waals surface area contributed by atoms with Crippen LogP contribution in [0.2, 0.25) is 0 Å². The van der Waals surface area contributed by atoms with E-state index in [9.17, 15) is 0 Å². The Hall–Kier alpha value is -0.410. The second-order valence-electron chi connectivity index (χ2n) is 5.64. The Labute approximate surface area is 109 Å². The van der Waals surface area contributed by atoms with Gasteiger partial charge in [-0.05, 0) is 45.1 Å². The first-order valence-corrected chi connectivity index (χ1v) is 7.54. The van der Waals surface area contributed by atoms with Crippen LogP contribution in [0.15, 0.2) is 0 Å². The van der Waals surface area contributed by atoms with Crippen molar-refractivity contribution in [3.63, 3.8) is 0 Å². The third-order valence-corrected chi connectivity index (χ3v) is 4.79. The molecule has 1 heterocycles. The van der Waals surface area contributed by atoms with E-state index in [2.05, 4.69) is 38.0 Å². The SMILES string of the molecule is Cc1nc(CC(CNC2CC2)C(C)C)sc1C. The molecule has 3 heteroatoms. The molecule has 1 N–H and O–H groups in total. The minimum atomic E-state index is 0.723. The first kappa shape index (κ1) is 13.0. The summed E-state index contributed by atoms with van der Waals surface area (Å²) in [5.74, 6) is 1.45. The number of rotatable bonds is 6. The summed E-state index contributed by atoms with van der Waals surface area (Å²) in [6, 6.07) is 0.816. The van der Waals surface area contributed by atoms with Crippen molar-refractivity contribution in [1.82, 2.24) is 10.3 Å². The van der Waals surface area contributed by atoms with Crippen LogP contribution in [0.5, 0.6) is 0 Å². The minimum Gasteiger partial charge on any atom is -0.314 e. The third-order valence-electron chi connectivity index (χ3n) is 3.70. The van der Waals surface area contributed by atoms with Crippen molar-refractivity contribution in [2.24, 2.45) is 11.8 Å². The maximum Gasteiger partial charge on any atom is 0.0934 e. The second kappa shape index (κ2) is 5.49. The monoisotopic (exact) mass is 252 g/mol. The van der Waals surface area contributed by atoms with Crippen molar-refractivity contribution < 1.29 is 0 Å². The molecule has 1 atom stereocenters. The van der Waals surface area contributed by atoms with Gasteiger partial charge >= 0.3 is 0 Å². The zero-order valence-electron chi connectivity index (χ0n) is 11.4. The summed E-state index contributed by atoms with van der Waals surface area (Å²) in [5, 5.41) is 4.97. The van der Waals surface area contributed by atoms with Gasteiger partial charge in [0.1, 0.15) is 0 Å². The van der Waals surface area contributed by atoms with Crippen molar-refractivity contribution in [2.45, 2.75) is 53.0 Å². The molecule has 1 aliphatic rings. The zero-order chi connectivity index (χ0) is 12.4. The van der Waals surface area contributed by atoms with Gasteiger partial charge in [0.25, 0.3) is 0 Å². The highest BCUT2D eigenvalue weighted by atomic mass is 32.1. The molecule has 1 fully saturated rings. The number of hydrogen-bond acceptors (Lipinski definition) is 3. The fraction of sp³-hybridized carbons (Fsp3) is 0.786. The van der Waals surface area contributed by atoms with Crippen LogP contribution in [0.3, 0.4) is 0 Å². The fourth-order valence-electron chi connectivity index (χ4n) is 2.00. The van der Waals surface area contributed by atoms with Gasteiger partial charge < -0.3 is 5.32 Å². The van der Waals surface area contributed by atoms with Gasteiger partial charge in [-0.2, -0.15) is 0 Å². The molecule has 0 saturated heterocycles. The molecule has 0 bridgehead atoms. The number of thiazole rings is 1. The van der Waals surface area contributed by atoms with E-state index in [4.69, 9.17) is 0 Å². The highest BCUT2D eigenvalue weighted by Gasteiger charge is 2.23. The smallest absolute Gasteiger partial charge is 0.0934 e. The molecule has 1 aromatic rings. The number of hydrogen-bond donors (Lipinski definition) is 1. The summed E-state index contributed by atoms with van der Waals surface area (Å²) in [4.78, 5) is 6.04. The van der Waals surface area contributed by atoms with Crippen LogP contribution in [-0.2, 0) is 6.42 Å². The van der Waals surface area contributed by atoms with Crippen LogP contribution in [-0.4, -0.2) is 17.6 Å². The molecule has 1 aromatic heterocycles. The summed E-state index contributed by atoms with van der Waals surface area (Å²) < 4.78 is 0. The van der Waals surface area contributed by atoms with E-state index >= 15 is 0 Å². The lowest BCUT2D eigenvalue weighted by Gasteiger charge is -2.20. The van der Waals surface area contributed by atoms with Crippen molar-refractivity contribution in [3.8, 4) is 0 Å². The average Bonchev–Trinajstić information content (AvgIpc) is 3.01. The van der Waals surface area contributed by atoms with Crippen LogP contribution < -0.4 is 5.32 Å². The lowest BCUT2D eigenvalue weighted by molar-refractivity contribution is 0.359. The summed E-state index contributed by atoms with van der Waals surface area (Å²) >= 11 is 1.87. The zero-order valence-corrected chi connectivity index (χ0v) is 12.2. The maximum atomic E-state index is 4.67. The van der Waals surface area contributed by atoms with Crippen LogP contribution >= 0.6 is 11.3 Å². The normalized spacial score (nSPS) is 17.7. The van der Waals surface area contributed by atoms with E-state index < -0.39 is 0 Å². The Bertz CT molecular complexity index is 347. The second-order valence-corrected chi connectivity index (χ2v) is 6.93. The van der Waals surface area contributed by atoms with E-state index in [1.54, 1.807) is 0 Å². The summed E-state index contributed by atoms with van der Waals surface area (Å²) in [6.45, 7) is 10.1. The summed E-state index contributed by atoms with van der Waals surface area (Å²) in [7, 11) is 0. The first-order chi connectivity index (χ1) is 8.06. The van der Waals surface area contributed by atoms with Gasteiger partial charge in [0.15, 0.2) is 0 Å². The van der Waals surface area contributed by atoms with E-state index in [0.29, 0.717) is 0 Å². The van der Waals surface area contributed by atoms with Gasteiger partial charge in [0.05, 0.1) is 10.7 Å². The molecule has 1 aliphatic carbocycles. The van der Waals surface area contributed by atoms with E-state index in [-0.39, 0.29) is 0 Å². The first-order valence-electron chi connectivity index (χ1n) is 6.72. The largest absolute Gasteiger partial charge is 0.314 e. The van der Waals surface area contributed by atoms with Crippen molar-refractivity contribution in [3.05, 3.63) is 15.6 Å². The molecule has 1 saturated carbocycles. The molecule has 0 aliphatic heterocycles.